The van der Waals surface area contributed by atoms with Gasteiger partial charge in [0.15, 0.2) is 5.69 Å². The van der Waals surface area contributed by atoms with Crippen LogP contribution in [0.1, 0.15) is 28.3 Å². The van der Waals surface area contributed by atoms with Crippen molar-refractivity contribution in [1.29, 1.82) is 0 Å². The minimum absolute atomic E-state index is 0.0272. The Morgan fingerprint density at radius 1 is 1.50 bits per heavy atom. The normalized spacial score (nSPS) is 16.0. The minimum Gasteiger partial charge on any atom is -0.476 e. The van der Waals surface area contributed by atoms with Crippen molar-refractivity contribution in [2.24, 2.45) is 0 Å². The molecule has 0 radical (unpaired) electrons. The number of piperidine rings is 1. The predicted octanol–water partition coefficient (Wildman–Crippen LogP) is 0.943. The summed E-state index contributed by atoms with van der Waals surface area (Å²) in [5.74, 6) is -0.622. The molecule has 0 unspecified atom stereocenters. The van der Waals surface area contributed by atoms with Gasteiger partial charge in [-0.2, -0.15) is 0 Å². The summed E-state index contributed by atoms with van der Waals surface area (Å²) in [5.41, 5.74) is 0.0309. The quantitative estimate of drug-likeness (QED) is 0.724. The first kappa shape index (κ1) is 15.3. The van der Waals surface area contributed by atoms with Crippen LogP contribution in [0, 0.1) is 0 Å². The van der Waals surface area contributed by atoms with Crippen LogP contribution in [-0.4, -0.2) is 46.1 Å². The van der Waals surface area contributed by atoms with Gasteiger partial charge < -0.3 is 15.7 Å². The summed E-state index contributed by atoms with van der Waals surface area (Å²) in [6.07, 6.45) is 2.21. The number of carbonyl (C=O) groups is 2. The molecule has 1 fully saturated rings. The Balaban J connectivity index is 1.67. The van der Waals surface area contributed by atoms with Crippen molar-refractivity contribution in [2.75, 3.05) is 18.8 Å². The maximum Gasteiger partial charge on any atom is 0.355 e. The molecule has 2 rings (SSSR count). The SMILES string of the molecule is O=C(CSC1CCNCC1)NCc1nc(C(=O)O)cs1. The third-order valence-corrected chi connectivity index (χ3v) is 5.16. The number of hydrogen-bond acceptors (Lipinski definition) is 6. The van der Waals surface area contributed by atoms with Crippen molar-refractivity contribution in [1.82, 2.24) is 15.6 Å². The molecule has 6 nitrogen and oxygen atoms in total. The maximum absolute atomic E-state index is 11.7. The van der Waals surface area contributed by atoms with Crippen LogP contribution in [0.25, 0.3) is 0 Å². The van der Waals surface area contributed by atoms with E-state index in [9.17, 15) is 9.59 Å². The number of thiazole rings is 1. The van der Waals surface area contributed by atoms with Crippen molar-refractivity contribution < 1.29 is 14.7 Å². The first-order valence-electron chi connectivity index (χ1n) is 6.42. The number of nitrogens with zero attached hydrogens (tertiary/aromatic N) is 1. The topological polar surface area (TPSA) is 91.3 Å². The van der Waals surface area contributed by atoms with Crippen molar-refractivity contribution in [2.45, 2.75) is 24.6 Å². The van der Waals surface area contributed by atoms with Gasteiger partial charge in [-0.15, -0.1) is 23.1 Å². The van der Waals surface area contributed by atoms with E-state index in [1.54, 1.807) is 11.8 Å². The number of aromatic nitrogens is 1. The lowest BCUT2D eigenvalue weighted by Crippen LogP contribution is -2.31. The van der Waals surface area contributed by atoms with Crippen molar-refractivity contribution >= 4 is 35.0 Å². The third kappa shape index (κ3) is 4.77. The summed E-state index contributed by atoms with van der Waals surface area (Å²) in [4.78, 5) is 26.3. The molecule has 0 atom stereocenters. The molecule has 1 amide bonds. The summed E-state index contributed by atoms with van der Waals surface area (Å²) >= 11 is 2.93. The molecule has 20 heavy (non-hydrogen) atoms. The van der Waals surface area contributed by atoms with Gasteiger partial charge in [0.2, 0.25) is 5.91 Å². The fourth-order valence-corrected chi connectivity index (χ4v) is 3.64. The fraction of sp³-hybridized carbons (Fsp3) is 0.583. The van der Waals surface area contributed by atoms with Crippen LogP contribution in [0.15, 0.2) is 5.38 Å². The van der Waals surface area contributed by atoms with Gasteiger partial charge in [-0.3, -0.25) is 4.79 Å². The Morgan fingerprint density at radius 2 is 2.25 bits per heavy atom. The van der Waals surface area contributed by atoms with Gasteiger partial charge in [-0.1, -0.05) is 0 Å². The number of rotatable bonds is 6. The number of hydrogen-bond donors (Lipinski definition) is 3. The van der Waals surface area contributed by atoms with Crippen LogP contribution in [-0.2, 0) is 11.3 Å². The van der Waals surface area contributed by atoms with E-state index in [-0.39, 0.29) is 11.6 Å². The Labute approximate surface area is 125 Å². The molecule has 8 heteroatoms. The van der Waals surface area contributed by atoms with E-state index in [1.807, 2.05) is 0 Å². The number of nitrogens with one attached hydrogen (secondary N) is 2. The number of thioether (sulfide) groups is 1. The molecule has 110 valence electrons. The molecular formula is C12H17N3O3S2. The van der Waals surface area contributed by atoms with Crippen molar-refractivity contribution in [3.05, 3.63) is 16.1 Å². The molecular weight excluding hydrogens is 298 g/mol. The van der Waals surface area contributed by atoms with E-state index in [0.29, 0.717) is 22.6 Å². The monoisotopic (exact) mass is 315 g/mol. The van der Waals surface area contributed by atoms with Crippen LogP contribution in [0.4, 0.5) is 0 Å². The molecule has 1 saturated heterocycles. The molecule has 1 aromatic heterocycles. The standard InChI is InChI=1S/C12H17N3O3S2/c16-10(7-19-8-1-3-13-4-2-8)14-5-11-15-9(6-20-11)12(17)18/h6,8,13H,1-5,7H2,(H,14,16)(H,17,18). The predicted molar refractivity (Wildman–Crippen MR) is 79.3 cm³/mol. The lowest BCUT2D eigenvalue weighted by Gasteiger charge is -2.21. The van der Waals surface area contributed by atoms with Gasteiger partial charge in [0.1, 0.15) is 5.01 Å². The molecule has 0 bridgehead atoms. The van der Waals surface area contributed by atoms with E-state index in [0.717, 1.165) is 25.9 Å². The van der Waals surface area contributed by atoms with Gasteiger partial charge in [0, 0.05) is 10.6 Å². The Bertz CT molecular complexity index is 472. The molecule has 2 heterocycles. The van der Waals surface area contributed by atoms with Crippen LogP contribution in [0.2, 0.25) is 0 Å². The van der Waals surface area contributed by atoms with E-state index in [1.165, 1.54) is 16.7 Å². The summed E-state index contributed by atoms with van der Waals surface area (Å²) in [6, 6.07) is 0. The average Bonchev–Trinajstić information content (AvgIpc) is 2.93. The first-order chi connectivity index (χ1) is 9.65. The highest BCUT2D eigenvalue weighted by Gasteiger charge is 2.15. The van der Waals surface area contributed by atoms with Gasteiger partial charge in [0.25, 0.3) is 0 Å². The zero-order valence-corrected chi connectivity index (χ0v) is 12.6. The second kappa shape index (κ2) is 7.61. The van der Waals surface area contributed by atoms with Crippen LogP contribution in [0.5, 0.6) is 0 Å². The molecule has 0 saturated carbocycles. The highest BCUT2D eigenvalue weighted by atomic mass is 32.2. The van der Waals surface area contributed by atoms with Crippen LogP contribution < -0.4 is 10.6 Å². The molecule has 0 aromatic carbocycles. The molecule has 0 spiro atoms. The molecule has 1 aromatic rings. The van der Waals surface area contributed by atoms with Crippen molar-refractivity contribution in [3.63, 3.8) is 0 Å². The Kier molecular flexibility index (Phi) is 5.81. The largest absolute Gasteiger partial charge is 0.476 e. The number of aromatic carboxylic acids is 1. The number of carboxylic acid groups (broad SMARTS) is 1. The van der Waals surface area contributed by atoms with E-state index in [2.05, 4.69) is 15.6 Å². The average molecular weight is 315 g/mol. The first-order valence-corrected chi connectivity index (χ1v) is 8.34. The van der Waals surface area contributed by atoms with Crippen molar-refractivity contribution in [3.8, 4) is 0 Å². The van der Waals surface area contributed by atoms with E-state index in [4.69, 9.17) is 5.11 Å². The van der Waals surface area contributed by atoms with E-state index < -0.39 is 5.97 Å². The third-order valence-electron chi connectivity index (χ3n) is 2.94. The number of carbonyl (C=O) groups excluding carboxylic acids is 1. The second-order valence-electron chi connectivity index (χ2n) is 4.47. The van der Waals surface area contributed by atoms with Crippen LogP contribution in [0.3, 0.4) is 0 Å². The lowest BCUT2D eigenvalue weighted by molar-refractivity contribution is -0.118. The second-order valence-corrected chi connectivity index (χ2v) is 6.70. The van der Waals surface area contributed by atoms with Gasteiger partial charge in [0.05, 0.1) is 12.3 Å². The zero-order chi connectivity index (χ0) is 14.4. The highest BCUT2D eigenvalue weighted by Crippen LogP contribution is 2.19. The molecule has 1 aliphatic heterocycles. The zero-order valence-electron chi connectivity index (χ0n) is 10.9. The Hall–Kier alpha value is -1.12. The number of amides is 1. The summed E-state index contributed by atoms with van der Waals surface area (Å²) < 4.78 is 0. The van der Waals surface area contributed by atoms with E-state index >= 15 is 0 Å². The minimum atomic E-state index is -1.04. The van der Waals surface area contributed by atoms with Gasteiger partial charge >= 0.3 is 5.97 Å². The summed E-state index contributed by atoms with van der Waals surface area (Å²) in [7, 11) is 0. The smallest absolute Gasteiger partial charge is 0.355 e. The summed E-state index contributed by atoms with van der Waals surface area (Å²) in [5, 5.41) is 17.5. The Morgan fingerprint density at radius 3 is 2.90 bits per heavy atom. The molecule has 0 aliphatic carbocycles. The van der Waals surface area contributed by atoms with Crippen LogP contribution >= 0.6 is 23.1 Å². The summed E-state index contributed by atoms with van der Waals surface area (Å²) in [6.45, 7) is 2.34. The van der Waals surface area contributed by atoms with Gasteiger partial charge in [-0.25, -0.2) is 9.78 Å². The highest BCUT2D eigenvalue weighted by molar-refractivity contribution is 8.00. The molecule has 1 aliphatic rings. The fourth-order valence-electron chi connectivity index (χ4n) is 1.87. The maximum atomic E-state index is 11.7. The number of carboxylic acids is 1. The lowest BCUT2D eigenvalue weighted by atomic mass is 10.2. The molecule has 3 N–H and O–H groups in total. The van der Waals surface area contributed by atoms with Gasteiger partial charge in [-0.05, 0) is 25.9 Å².